The SMILES string of the molecule is CCc1cccc(NC(=O)COc2cc(C(F)(F)F)nn2-c2ccccc2Cl)c1. The number of ether oxygens (including phenoxy) is 1. The molecule has 0 saturated carbocycles. The Bertz CT molecular complexity index is 1020. The summed E-state index contributed by atoms with van der Waals surface area (Å²) in [6.45, 7) is 1.49. The van der Waals surface area contributed by atoms with Crippen LogP contribution in [0.3, 0.4) is 0 Å². The van der Waals surface area contributed by atoms with Gasteiger partial charge in [0.05, 0.1) is 10.7 Å². The monoisotopic (exact) mass is 423 g/mol. The number of benzene rings is 2. The lowest BCUT2D eigenvalue weighted by Gasteiger charge is -2.11. The standard InChI is InChI=1S/C20H17ClF3N3O2/c1-2-13-6-5-7-14(10-13)25-18(28)12-29-19-11-17(20(22,23)24)26-27(19)16-9-4-3-8-15(16)21/h3-11H,2,12H2,1H3,(H,25,28). The van der Waals surface area contributed by atoms with Crippen LogP contribution in [0.4, 0.5) is 18.9 Å². The van der Waals surface area contributed by atoms with Gasteiger partial charge in [0.2, 0.25) is 5.88 Å². The van der Waals surface area contributed by atoms with E-state index in [1.807, 2.05) is 19.1 Å². The zero-order valence-electron chi connectivity index (χ0n) is 15.3. The normalized spacial score (nSPS) is 11.3. The van der Waals surface area contributed by atoms with Crippen molar-refractivity contribution in [2.75, 3.05) is 11.9 Å². The second kappa shape index (κ2) is 8.57. The molecule has 0 fully saturated rings. The van der Waals surface area contributed by atoms with E-state index in [4.69, 9.17) is 16.3 Å². The second-order valence-corrected chi connectivity index (χ2v) is 6.53. The van der Waals surface area contributed by atoms with Crippen molar-refractivity contribution in [3.8, 4) is 11.6 Å². The molecule has 0 bridgehead atoms. The van der Waals surface area contributed by atoms with Crippen molar-refractivity contribution in [2.24, 2.45) is 0 Å². The Morgan fingerprint density at radius 3 is 2.62 bits per heavy atom. The lowest BCUT2D eigenvalue weighted by Crippen LogP contribution is -2.21. The Hall–Kier alpha value is -3.00. The van der Waals surface area contributed by atoms with Gasteiger partial charge in [-0.3, -0.25) is 4.79 Å². The molecule has 1 heterocycles. The van der Waals surface area contributed by atoms with Crippen LogP contribution in [0.1, 0.15) is 18.2 Å². The largest absolute Gasteiger partial charge is 0.467 e. The number of hydrogen-bond acceptors (Lipinski definition) is 3. The zero-order chi connectivity index (χ0) is 21.0. The number of alkyl halides is 3. The predicted octanol–water partition coefficient (Wildman–Crippen LogP) is 5.12. The number of aromatic nitrogens is 2. The first kappa shape index (κ1) is 20.7. The van der Waals surface area contributed by atoms with E-state index in [1.54, 1.807) is 24.3 Å². The van der Waals surface area contributed by atoms with E-state index in [0.29, 0.717) is 5.69 Å². The number of carbonyl (C=O) groups is 1. The molecule has 1 N–H and O–H groups in total. The summed E-state index contributed by atoms with van der Waals surface area (Å²) >= 11 is 6.08. The fraction of sp³-hybridized carbons (Fsp3) is 0.200. The van der Waals surface area contributed by atoms with Crippen molar-refractivity contribution in [1.82, 2.24) is 9.78 Å². The molecule has 0 aliphatic rings. The Labute approximate surface area is 170 Å². The summed E-state index contributed by atoms with van der Waals surface area (Å²) in [5, 5.41) is 6.39. The molecule has 0 saturated heterocycles. The highest BCUT2D eigenvalue weighted by atomic mass is 35.5. The quantitative estimate of drug-likeness (QED) is 0.598. The van der Waals surface area contributed by atoms with Gasteiger partial charge in [-0.25, -0.2) is 0 Å². The van der Waals surface area contributed by atoms with Gasteiger partial charge < -0.3 is 10.1 Å². The van der Waals surface area contributed by atoms with Crippen LogP contribution >= 0.6 is 11.6 Å². The van der Waals surface area contributed by atoms with Crippen LogP contribution in [0.15, 0.2) is 54.6 Å². The Kier molecular flexibility index (Phi) is 6.12. The molecule has 0 aliphatic heterocycles. The molecule has 0 spiro atoms. The smallest absolute Gasteiger partial charge is 0.435 e. The average Bonchev–Trinajstić information content (AvgIpc) is 3.11. The van der Waals surface area contributed by atoms with Crippen molar-refractivity contribution in [2.45, 2.75) is 19.5 Å². The number of hydrogen-bond donors (Lipinski definition) is 1. The molecule has 29 heavy (non-hydrogen) atoms. The van der Waals surface area contributed by atoms with Crippen molar-refractivity contribution in [1.29, 1.82) is 0 Å². The third-order valence-corrected chi connectivity index (χ3v) is 4.34. The lowest BCUT2D eigenvalue weighted by atomic mass is 10.1. The van der Waals surface area contributed by atoms with Crippen molar-refractivity contribution in [3.05, 3.63) is 70.9 Å². The van der Waals surface area contributed by atoms with E-state index in [2.05, 4.69) is 10.4 Å². The molecule has 3 rings (SSSR count). The molecule has 5 nitrogen and oxygen atoms in total. The first-order valence-electron chi connectivity index (χ1n) is 8.71. The van der Waals surface area contributed by atoms with E-state index in [1.165, 1.54) is 12.1 Å². The fourth-order valence-corrected chi connectivity index (χ4v) is 2.82. The number of halogens is 4. The van der Waals surface area contributed by atoms with Crippen LogP contribution in [0, 0.1) is 0 Å². The highest BCUT2D eigenvalue weighted by Gasteiger charge is 2.36. The lowest BCUT2D eigenvalue weighted by molar-refractivity contribution is -0.141. The van der Waals surface area contributed by atoms with E-state index >= 15 is 0 Å². The van der Waals surface area contributed by atoms with Crippen molar-refractivity contribution < 1.29 is 22.7 Å². The maximum atomic E-state index is 13.1. The maximum Gasteiger partial charge on any atom is 0.435 e. The Morgan fingerprint density at radius 2 is 1.93 bits per heavy atom. The van der Waals surface area contributed by atoms with Gasteiger partial charge in [0.25, 0.3) is 5.91 Å². The summed E-state index contributed by atoms with van der Waals surface area (Å²) in [6.07, 6.45) is -3.87. The molecule has 2 aromatic carbocycles. The third kappa shape index (κ3) is 5.08. The number of amides is 1. The molecule has 3 aromatic rings. The number of nitrogens with one attached hydrogen (secondary N) is 1. The number of para-hydroxylation sites is 1. The number of rotatable bonds is 6. The van der Waals surface area contributed by atoms with Gasteiger partial charge in [-0.2, -0.15) is 23.0 Å². The van der Waals surface area contributed by atoms with E-state index < -0.39 is 24.4 Å². The van der Waals surface area contributed by atoms with E-state index in [0.717, 1.165) is 22.7 Å². The van der Waals surface area contributed by atoms with E-state index in [9.17, 15) is 18.0 Å². The zero-order valence-corrected chi connectivity index (χ0v) is 16.1. The fourth-order valence-electron chi connectivity index (χ4n) is 2.61. The molecular weight excluding hydrogens is 407 g/mol. The van der Waals surface area contributed by atoms with Gasteiger partial charge >= 0.3 is 6.18 Å². The first-order chi connectivity index (χ1) is 13.8. The maximum absolute atomic E-state index is 13.1. The molecule has 1 aromatic heterocycles. The van der Waals surface area contributed by atoms with E-state index in [-0.39, 0.29) is 16.6 Å². The summed E-state index contributed by atoms with van der Waals surface area (Å²) in [5.41, 5.74) is 0.670. The third-order valence-electron chi connectivity index (χ3n) is 4.02. The highest BCUT2D eigenvalue weighted by Crippen LogP contribution is 2.33. The molecule has 0 aliphatic carbocycles. The van der Waals surface area contributed by atoms with Gasteiger partial charge in [-0.15, -0.1) is 0 Å². The summed E-state index contributed by atoms with van der Waals surface area (Å²) in [6, 6.07) is 14.2. The number of carbonyl (C=O) groups excluding carboxylic acids is 1. The second-order valence-electron chi connectivity index (χ2n) is 6.12. The minimum Gasteiger partial charge on any atom is -0.467 e. The van der Waals surface area contributed by atoms with Crippen LogP contribution in [-0.4, -0.2) is 22.3 Å². The van der Waals surface area contributed by atoms with Crippen molar-refractivity contribution in [3.63, 3.8) is 0 Å². The molecule has 9 heteroatoms. The number of nitrogens with zero attached hydrogens (tertiary/aromatic N) is 2. The van der Waals surface area contributed by atoms with Gasteiger partial charge in [0, 0.05) is 11.8 Å². The molecule has 0 atom stereocenters. The highest BCUT2D eigenvalue weighted by molar-refractivity contribution is 6.32. The predicted molar refractivity (Wildman–Crippen MR) is 104 cm³/mol. The number of aryl methyl sites for hydroxylation is 1. The van der Waals surface area contributed by atoms with Gasteiger partial charge in [-0.1, -0.05) is 42.8 Å². The molecule has 1 amide bonds. The summed E-state index contributed by atoms with van der Waals surface area (Å²) in [5.74, 6) is -0.762. The number of anilines is 1. The van der Waals surface area contributed by atoms with Crippen LogP contribution in [0.5, 0.6) is 5.88 Å². The Morgan fingerprint density at radius 1 is 1.17 bits per heavy atom. The van der Waals surface area contributed by atoms with Crippen LogP contribution in [0.25, 0.3) is 5.69 Å². The average molecular weight is 424 g/mol. The molecule has 0 radical (unpaired) electrons. The van der Waals surface area contributed by atoms with Gasteiger partial charge in [0.1, 0.15) is 0 Å². The Balaban J connectivity index is 1.80. The van der Waals surface area contributed by atoms with Gasteiger partial charge in [-0.05, 0) is 36.2 Å². The molecule has 0 unspecified atom stereocenters. The topological polar surface area (TPSA) is 56.1 Å². The van der Waals surface area contributed by atoms with Gasteiger partial charge in [0.15, 0.2) is 12.3 Å². The first-order valence-corrected chi connectivity index (χ1v) is 9.09. The minimum atomic E-state index is -4.67. The summed E-state index contributed by atoms with van der Waals surface area (Å²) < 4.78 is 45.6. The van der Waals surface area contributed by atoms with Crippen LogP contribution < -0.4 is 10.1 Å². The molecule has 152 valence electrons. The summed E-state index contributed by atoms with van der Waals surface area (Å²) in [4.78, 5) is 12.2. The van der Waals surface area contributed by atoms with Crippen molar-refractivity contribution >= 4 is 23.2 Å². The van der Waals surface area contributed by atoms with Crippen LogP contribution in [-0.2, 0) is 17.4 Å². The summed E-state index contributed by atoms with van der Waals surface area (Å²) in [7, 11) is 0. The minimum absolute atomic E-state index is 0.190. The molecular formula is C20H17ClF3N3O2. The van der Waals surface area contributed by atoms with Crippen LogP contribution in [0.2, 0.25) is 5.02 Å².